The second kappa shape index (κ2) is 7.32. The molecule has 0 amide bonds. The molecule has 0 aromatic carbocycles. The van der Waals surface area contributed by atoms with Crippen LogP contribution in [-0.4, -0.2) is 25.8 Å². The van der Waals surface area contributed by atoms with E-state index >= 15 is 0 Å². The smallest absolute Gasteiger partial charge is 0.0616 e. The number of nitrogens with one attached hydrogen (secondary N) is 1. The highest BCUT2D eigenvalue weighted by Gasteiger charge is 2.07. The van der Waals surface area contributed by atoms with Gasteiger partial charge in [-0.25, -0.2) is 0 Å². The monoisotopic (exact) mass is 171 g/mol. The average Bonchev–Trinajstić information content (AvgIpc) is 2.05. The fourth-order valence-corrected chi connectivity index (χ4v) is 1.20. The number of rotatable bonds is 7. The molecule has 0 aliphatic heterocycles. The van der Waals surface area contributed by atoms with E-state index in [0.29, 0.717) is 12.1 Å². The second-order valence-electron chi connectivity index (χ2n) is 3.13. The lowest BCUT2D eigenvalue weighted by Gasteiger charge is -2.20. The first kappa shape index (κ1) is 11.7. The van der Waals surface area contributed by atoms with Crippen molar-refractivity contribution in [2.24, 2.45) is 0 Å². The van der Waals surface area contributed by atoms with Gasteiger partial charge in [0.05, 0.1) is 6.61 Å². The lowest BCUT2D eigenvalue weighted by Crippen LogP contribution is -2.38. The van der Waals surface area contributed by atoms with Crippen LogP contribution in [0.15, 0.2) is 12.7 Å². The van der Waals surface area contributed by atoms with Crippen LogP contribution in [0.2, 0.25) is 0 Å². The van der Waals surface area contributed by atoms with E-state index < -0.39 is 0 Å². The number of hydrogen-bond donors (Lipinski definition) is 1. The summed E-state index contributed by atoms with van der Waals surface area (Å²) in [5, 5.41) is 3.43. The van der Waals surface area contributed by atoms with Gasteiger partial charge in [0.15, 0.2) is 0 Å². The summed E-state index contributed by atoms with van der Waals surface area (Å²) in [5.74, 6) is 0. The standard InChI is InChI=1S/C10H21NO/c1-5-7-10(8-12-4)11-9(3)6-2/h6,9-11H,2,5,7-8H2,1,3-4H3. The lowest BCUT2D eigenvalue weighted by atomic mass is 10.1. The van der Waals surface area contributed by atoms with Gasteiger partial charge in [0, 0.05) is 19.2 Å². The van der Waals surface area contributed by atoms with E-state index in [-0.39, 0.29) is 0 Å². The molecule has 0 spiro atoms. The molecule has 0 heterocycles. The van der Waals surface area contributed by atoms with Crippen molar-refractivity contribution in [2.45, 2.75) is 38.8 Å². The van der Waals surface area contributed by atoms with Crippen molar-refractivity contribution in [3.8, 4) is 0 Å². The van der Waals surface area contributed by atoms with Crippen LogP contribution in [0.1, 0.15) is 26.7 Å². The summed E-state index contributed by atoms with van der Waals surface area (Å²) in [6, 6.07) is 0.838. The van der Waals surface area contributed by atoms with E-state index in [1.807, 2.05) is 6.08 Å². The molecule has 2 nitrogen and oxygen atoms in total. The highest BCUT2D eigenvalue weighted by Crippen LogP contribution is 1.99. The zero-order valence-electron chi connectivity index (χ0n) is 8.47. The average molecular weight is 171 g/mol. The third-order valence-electron chi connectivity index (χ3n) is 1.86. The molecular weight excluding hydrogens is 150 g/mol. The number of methoxy groups -OCH3 is 1. The van der Waals surface area contributed by atoms with Gasteiger partial charge in [-0.1, -0.05) is 19.4 Å². The van der Waals surface area contributed by atoms with Gasteiger partial charge in [-0.05, 0) is 13.3 Å². The SMILES string of the molecule is C=CC(C)NC(CCC)COC. The molecule has 12 heavy (non-hydrogen) atoms. The Morgan fingerprint density at radius 2 is 2.25 bits per heavy atom. The first-order valence-corrected chi connectivity index (χ1v) is 4.62. The van der Waals surface area contributed by atoms with Crippen LogP contribution < -0.4 is 5.32 Å². The Kier molecular flexibility index (Phi) is 7.11. The Morgan fingerprint density at radius 3 is 2.67 bits per heavy atom. The fraction of sp³-hybridized carbons (Fsp3) is 0.800. The second-order valence-corrected chi connectivity index (χ2v) is 3.13. The Balaban J connectivity index is 3.68. The van der Waals surface area contributed by atoms with E-state index in [2.05, 4.69) is 25.7 Å². The largest absolute Gasteiger partial charge is 0.383 e. The van der Waals surface area contributed by atoms with Gasteiger partial charge in [0.2, 0.25) is 0 Å². The summed E-state index contributed by atoms with van der Waals surface area (Å²) < 4.78 is 5.11. The molecule has 0 saturated heterocycles. The molecule has 0 aromatic rings. The Bertz CT molecular complexity index is 108. The van der Waals surface area contributed by atoms with Crippen molar-refractivity contribution in [3.05, 3.63) is 12.7 Å². The molecule has 0 aliphatic rings. The summed E-state index contributed by atoms with van der Waals surface area (Å²) in [4.78, 5) is 0. The summed E-state index contributed by atoms with van der Waals surface area (Å²) in [6.45, 7) is 8.80. The number of hydrogen-bond acceptors (Lipinski definition) is 2. The van der Waals surface area contributed by atoms with Crippen LogP contribution in [0.5, 0.6) is 0 Å². The van der Waals surface area contributed by atoms with Gasteiger partial charge in [-0.3, -0.25) is 0 Å². The predicted molar refractivity (Wildman–Crippen MR) is 53.4 cm³/mol. The first-order valence-electron chi connectivity index (χ1n) is 4.62. The van der Waals surface area contributed by atoms with Crippen molar-refractivity contribution in [2.75, 3.05) is 13.7 Å². The van der Waals surface area contributed by atoms with Gasteiger partial charge in [0.25, 0.3) is 0 Å². The van der Waals surface area contributed by atoms with Crippen molar-refractivity contribution >= 4 is 0 Å². The third-order valence-corrected chi connectivity index (χ3v) is 1.86. The maximum Gasteiger partial charge on any atom is 0.0616 e. The van der Waals surface area contributed by atoms with Gasteiger partial charge in [-0.2, -0.15) is 0 Å². The third kappa shape index (κ3) is 5.33. The summed E-state index contributed by atoms with van der Waals surface area (Å²) >= 11 is 0. The Labute approximate surface area is 76.0 Å². The molecule has 2 heteroatoms. The molecule has 0 bridgehead atoms. The van der Waals surface area contributed by atoms with Crippen LogP contribution in [-0.2, 0) is 4.74 Å². The fourth-order valence-electron chi connectivity index (χ4n) is 1.20. The molecule has 0 saturated carbocycles. The minimum absolute atomic E-state index is 0.372. The van der Waals surface area contributed by atoms with Gasteiger partial charge in [0.1, 0.15) is 0 Å². The highest BCUT2D eigenvalue weighted by molar-refractivity contribution is 4.84. The summed E-state index contributed by atoms with van der Waals surface area (Å²) in [6.07, 6.45) is 4.26. The van der Waals surface area contributed by atoms with Crippen LogP contribution in [0, 0.1) is 0 Å². The molecule has 0 aliphatic carbocycles. The maximum atomic E-state index is 5.11. The molecule has 0 radical (unpaired) electrons. The first-order chi connectivity index (χ1) is 5.74. The van der Waals surface area contributed by atoms with Crippen molar-refractivity contribution in [1.82, 2.24) is 5.32 Å². The van der Waals surface area contributed by atoms with Crippen LogP contribution in [0.25, 0.3) is 0 Å². The van der Waals surface area contributed by atoms with Crippen molar-refractivity contribution < 1.29 is 4.74 Å². The quantitative estimate of drug-likeness (QED) is 0.591. The maximum absolute atomic E-state index is 5.11. The zero-order chi connectivity index (χ0) is 9.40. The van der Waals surface area contributed by atoms with E-state index in [9.17, 15) is 0 Å². The van der Waals surface area contributed by atoms with Crippen molar-refractivity contribution in [1.29, 1.82) is 0 Å². The van der Waals surface area contributed by atoms with Gasteiger partial charge >= 0.3 is 0 Å². The highest BCUT2D eigenvalue weighted by atomic mass is 16.5. The molecule has 72 valence electrons. The molecule has 2 atom stereocenters. The molecule has 2 unspecified atom stereocenters. The van der Waals surface area contributed by atoms with Crippen LogP contribution >= 0.6 is 0 Å². The van der Waals surface area contributed by atoms with E-state index in [1.165, 1.54) is 6.42 Å². The predicted octanol–water partition coefficient (Wildman–Crippen LogP) is 1.97. The van der Waals surface area contributed by atoms with E-state index in [0.717, 1.165) is 13.0 Å². The Morgan fingerprint density at radius 1 is 1.58 bits per heavy atom. The van der Waals surface area contributed by atoms with E-state index in [4.69, 9.17) is 4.74 Å². The summed E-state index contributed by atoms with van der Waals surface area (Å²) in [5.41, 5.74) is 0. The normalized spacial score (nSPS) is 15.6. The molecule has 0 rings (SSSR count). The minimum atomic E-state index is 0.372. The van der Waals surface area contributed by atoms with E-state index in [1.54, 1.807) is 7.11 Å². The topological polar surface area (TPSA) is 21.3 Å². The zero-order valence-corrected chi connectivity index (χ0v) is 8.47. The summed E-state index contributed by atoms with van der Waals surface area (Å²) in [7, 11) is 1.74. The van der Waals surface area contributed by atoms with Gasteiger partial charge in [-0.15, -0.1) is 6.58 Å². The molecule has 1 N–H and O–H groups in total. The minimum Gasteiger partial charge on any atom is -0.383 e. The Hall–Kier alpha value is -0.340. The molecule has 0 aromatic heterocycles. The van der Waals surface area contributed by atoms with Crippen LogP contribution in [0.3, 0.4) is 0 Å². The van der Waals surface area contributed by atoms with Crippen LogP contribution in [0.4, 0.5) is 0 Å². The molecular formula is C10H21NO. The number of ether oxygens (including phenoxy) is 1. The molecule has 0 fully saturated rings. The lowest BCUT2D eigenvalue weighted by molar-refractivity contribution is 0.159. The van der Waals surface area contributed by atoms with Gasteiger partial charge < -0.3 is 10.1 Å². The van der Waals surface area contributed by atoms with Crippen molar-refractivity contribution in [3.63, 3.8) is 0 Å².